The lowest BCUT2D eigenvalue weighted by Crippen LogP contribution is -1.97. The molecule has 0 atom stereocenters. The number of aromatic amines is 1. The summed E-state index contributed by atoms with van der Waals surface area (Å²) in [6, 6.07) is 28.2. The first-order valence-electron chi connectivity index (χ1n) is 20.3. The molecule has 3 aromatic heterocycles. The summed E-state index contributed by atoms with van der Waals surface area (Å²) in [5.74, 6) is 0.921. The number of fused-ring (bicyclic) bond motifs is 8. The van der Waals surface area contributed by atoms with E-state index in [9.17, 15) is 0 Å². The van der Waals surface area contributed by atoms with Gasteiger partial charge in [0.25, 0.3) is 0 Å². The summed E-state index contributed by atoms with van der Waals surface area (Å²) >= 11 is 6.62. The minimum atomic E-state index is 0.761. The number of halogens is 2. The van der Waals surface area contributed by atoms with E-state index >= 15 is 0 Å². The molecule has 0 saturated carbocycles. The summed E-state index contributed by atoms with van der Waals surface area (Å²) < 4.78 is 10.7. The number of H-pyrrole nitrogens is 1. The number of thiophene rings is 1. The van der Waals surface area contributed by atoms with Gasteiger partial charge >= 0.3 is 0 Å². The summed E-state index contributed by atoms with van der Waals surface area (Å²) in [4.78, 5) is 14.0. The normalized spacial score (nSPS) is 12.1. The van der Waals surface area contributed by atoms with Gasteiger partial charge in [-0.25, -0.2) is 9.97 Å². The molecule has 0 unspecified atom stereocenters. The van der Waals surface area contributed by atoms with E-state index in [4.69, 9.17) is 14.7 Å². The van der Waals surface area contributed by atoms with Crippen molar-refractivity contribution in [2.75, 3.05) is 6.61 Å². The second-order valence-corrected chi connectivity index (χ2v) is 17.8. The minimum absolute atomic E-state index is 0.761. The summed E-state index contributed by atoms with van der Waals surface area (Å²) in [6.45, 7) is 3.05. The lowest BCUT2D eigenvalue weighted by Gasteiger charge is -2.08. The van der Waals surface area contributed by atoms with E-state index < -0.39 is 0 Å². The van der Waals surface area contributed by atoms with Crippen molar-refractivity contribution in [3.8, 4) is 28.0 Å². The molecule has 55 heavy (non-hydrogen) atoms. The zero-order valence-corrected chi connectivity index (χ0v) is 37.0. The molecule has 0 aliphatic carbocycles. The van der Waals surface area contributed by atoms with Crippen LogP contribution < -0.4 is 4.74 Å². The zero-order chi connectivity index (χ0) is 37.8. The lowest BCUT2D eigenvalue weighted by molar-refractivity contribution is 0.304. The van der Waals surface area contributed by atoms with Crippen molar-refractivity contribution in [2.45, 2.75) is 96.8 Å². The molecular weight excluding hydrogens is 920 g/mol. The fourth-order valence-corrected chi connectivity index (χ4v) is 9.81. The van der Waals surface area contributed by atoms with E-state index in [0.717, 1.165) is 70.9 Å². The molecule has 0 spiro atoms. The Morgan fingerprint density at radius 1 is 0.509 bits per heavy atom. The Hall–Kier alpha value is -3.28. The number of ether oxygens (including phenoxy) is 1. The quantitative estimate of drug-likeness (QED) is 0.0689. The summed E-state index contributed by atoms with van der Waals surface area (Å²) in [5, 5.41) is 0. The van der Waals surface area contributed by atoms with Gasteiger partial charge in [-0.15, -0.1) is 11.3 Å². The van der Waals surface area contributed by atoms with Crippen LogP contribution in [0.3, 0.4) is 0 Å². The zero-order valence-electron chi connectivity index (χ0n) is 31.9. The highest BCUT2D eigenvalue weighted by Crippen LogP contribution is 2.39. The molecule has 7 heteroatoms. The molecule has 0 amide bonds. The van der Waals surface area contributed by atoms with E-state index in [1.54, 1.807) is 0 Å². The first-order chi connectivity index (χ1) is 27.1. The number of aromatic nitrogens is 3. The van der Waals surface area contributed by atoms with E-state index in [1.165, 1.54) is 104 Å². The Kier molecular flexibility index (Phi) is 14.7. The molecular formula is C48H51I2N3OS. The Morgan fingerprint density at radius 3 is 1.65 bits per heavy atom. The van der Waals surface area contributed by atoms with Gasteiger partial charge in [0.05, 0.1) is 42.0 Å². The molecule has 0 radical (unpaired) electrons. The van der Waals surface area contributed by atoms with E-state index in [0.29, 0.717) is 0 Å². The molecule has 5 aromatic rings. The molecule has 0 saturated heterocycles. The molecule has 0 fully saturated rings. The van der Waals surface area contributed by atoms with Gasteiger partial charge in [0.2, 0.25) is 0 Å². The van der Waals surface area contributed by atoms with Gasteiger partial charge in [-0.2, -0.15) is 0 Å². The number of unbranched alkanes of at least 4 members (excludes halogenated alkanes) is 13. The number of benzene rings is 2. The highest BCUT2D eigenvalue weighted by molar-refractivity contribution is 14.1. The van der Waals surface area contributed by atoms with E-state index in [2.05, 4.69) is 160 Å². The van der Waals surface area contributed by atoms with Crippen LogP contribution in [-0.4, -0.2) is 21.6 Å². The smallest absolute Gasteiger partial charge is 0.119 e. The highest BCUT2D eigenvalue weighted by Gasteiger charge is 2.16. The maximum Gasteiger partial charge on any atom is 0.119 e. The molecule has 4 nitrogen and oxygen atoms in total. The molecule has 2 aliphatic heterocycles. The van der Waals surface area contributed by atoms with Crippen molar-refractivity contribution in [2.24, 2.45) is 0 Å². The molecule has 2 aromatic carbocycles. The Morgan fingerprint density at radius 2 is 1.02 bits per heavy atom. The van der Waals surface area contributed by atoms with Crippen molar-refractivity contribution in [3.05, 3.63) is 109 Å². The Balaban J connectivity index is 1.09. The maximum atomic E-state index is 6.24. The number of hydrogen-bond donors (Lipinski definition) is 1. The van der Waals surface area contributed by atoms with Crippen LogP contribution >= 0.6 is 56.5 Å². The van der Waals surface area contributed by atoms with Crippen LogP contribution in [0.5, 0.6) is 5.75 Å². The molecule has 8 bridgehead atoms. The highest BCUT2D eigenvalue weighted by atomic mass is 127. The minimum Gasteiger partial charge on any atom is -0.494 e. The second-order valence-electron chi connectivity index (χ2n) is 14.6. The second kappa shape index (κ2) is 20.2. The van der Waals surface area contributed by atoms with Gasteiger partial charge in [0.15, 0.2) is 0 Å². The average Bonchev–Trinajstić information content (AvgIpc) is 4.06. The first-order valence-corrected chi connectivity index (χ1v) is 23.2. The van der Waals surface area contributed by atoms with Gasteiger partial charge < -0.3 is 9.72 Å². The molecule has 1 N–H and O–H groups in total. The number of nitrogens with zero attached hydrogens (tertiary/aromatic N) is 2. The predicted molar refractivity (Wildman–Crippen MR) is 254 cm³/mol. The number of rotatable bonds is 18. The van der Waals surface area contributed by atoms with Crippen molar-refractivity contribution >= 4 is 101 Å². The standard InChI is InChI=1S/C48H51I2N3OS/c1-2-3-4-5-6-7-8-9-10-11-12-13-14-18-33-54-36-23-21-35(22-24-36)46-38-26-28-40(52-38)48(50)42-30-29-41(53-42)47(49)39-27-25-37(51-39)45(34-19-16-15-17-20-34)43-31-32-44(46)55-43/h15-17,19-32,51H,2-14,18,33H2,1H3. The van der Waals surface area contributed by atoms with Crippen molar-refractivity contribution in [1.82, 2.24) is 15.0 Å². The van der Waals surface area contributed by atoms with Crippen molar-refractivity contribution in [3.63, 3.8) is 0 Å². The Bertz CT molecular complexity index is 2270. The van der Waals surface area contributed by atoms with Crippen molar-refractivity contribution < 1.29 is 4.74 Å². The Labute approximate surface area is 358 Å². The van der Waals surface area contributed by atoms with E-state index in [-0.39, 0.29) is 0 Å². The lowest BCUT2D eigenvalue weighted by atomic mass is 10.0. The summed E-state index contributed by atoms with van der Waals surface area (Å²) in [6.07, 6.45) is 27.5. The molecule has 5 heterocycles. The first kappa shape index (κ1) is 39.9. The van der Waals surface area contributed by atoms with Gasteiger partial charge in [-0.05, 0) is 123 Å². The van der Waals surface area contributed by atoms with Crippen LogP contribution in [0, 0.1) is 7.14 Å². The van der Waals surface area contributed by atoms with Crippen LogP contribution in [0.4, 0.5) is 0 Å². The van der Waals surface area contributed by atoms with Crippen LogP contribution in [0.2, 0.25) is 0 Å². The number of hydrogen-bond acceptors (Lipinski definition) is 4. The monoisotopic (exact) mass is 971 g/mol. The van der Waals surface area contributed by atoms with Crippen LogP contribution in [0.15, 0.2) is 78.9 Å². The SMILES string of the molecule is CCCCCCCCCCCCCCCCOc1ccc(-c2c3nc(c(I)c4nc(c(I)c5ccc([nH]5)c(-c5ccccc5)c5ccc2s5)C=C4)C=C3)cc1. The largest absolute Gasteiger partial charge is 0.494 e. The average molecular weight is 972 g/mol. The predicted octanol–water partition coefficient (Wildman–Crippen LogP) is 15.8. The molecule has 7 rings (SSSR count). The third-order valence-corrected chi connectivity index (χ3v) is 13.8. The fourth-order valence-electron chi connectivity index (χ4n) is 7.43. The van der Waals surface area contributed by atoms with E-state index in [1.807, 2.05) is 11.3 Å². The van der Waals surface area contributed by atoms with Crippen LogP contribution in [0.25, 0.3) is 67.0 Å². The summed E-state index contributed by atoms with van der Waals surface area (Å²) in [7, 11) is 0. The maximum absolute atomic E-state index is 6.24. The van der Waals surface area contributed by atoms with Gasteiger partial charge in [-0.3, -0.25) is 0 Å². The third-order valence-electron chi connectivity index (χ3n) is 10.5. The van der Waals surface area contributed by atoms with Crippen LogP contribution in [0.1, 0.15) is 120 Å². The summed E-state index contributed by atoms with van der Waals surface area (Å²) in [5.41, 5.74) is 10.5. The van der Waals surface area contributed by atoms with Crippen LogP contribution in [-0.2, 0) is 0 Å². The fraction of sp³-hybridized carbons (Fsp3) is 0.333. The number of nitrogens with one attached hydrogen (secondary N) is 1. The van der Waals surface area contributed by atoms with Gasteiger partial charge in [-0.1, -0.05) is 133 Å². The topological polar surface area (TPSA) is 50.8 Å². The van der Waals surface area contributed by atoms with Gasteiger partial charge in [0, 0.05) is 26.0 Å². The van der Waals surface area contributed by atoms with Gasteiger partial charge in [0.1, 0.15) is 5.75 Å². The third kappa shape index (κ3) is 10.4. The molecule has 2 aliphatic rings. The molecule has 284 valence electrons. The van der Waals surface area contributed by atoms with Crippen molar-refractivity contribution in [1.29, 1.82) is 0 Å².